The maximum Gasteiger partial charge on any atom is 0.160 e. The molecule has 8 nitrogen and oxygen atoms in total. The van der Waals surface area contributed by atoms with E-state index in [0.717, 1.165) is 5.56 Å². The summed E-state index contributed by atoms with van der Waals surface area (Å²) in [6.07, 6.45) is -5.95. The lowest BCUT2D eigenvalue weighted by Gasteiger charge is -2.40. The van der Waals surface area contributed by atoms with E-state index in [2.05, 4.69) is 0 Å². The highest BCUT2D eigenvalue weighted by Gasteiger charge is 2.43. The number of phenols is 1. The summed E-state index contributed by atoms with van der Waals surface area (Å²) in [5, 5.41) is 58.4. The van der Waals surface area contributed by atoms with Gasteiger partial charge in [-0.3, -0.25) is 0 Å². The third-order valence-corrected chi connectivity index (χ3v) is 4.51. The first-order valence-electron chi connectivity index (χ1n) is 8.21. The van der Waals surface area contributed by atoms with Gasteiger partial charge in [-0.05, 0) is 30.5 Å². The summed E-state index contributed by atoms with van der Waals surface area (Å²) >= 11 is 0. The van der Waals surface area contributed by atoms with Crippen molar-refractivity contribution >= 4 is 0 Å². The number of aryl methyl sites for hydroxylation is 1. The molecule has 8 heteroatoms. The van der Waals surface area contributed by atoms with Crippen LogP contribution >= 0.6 is 0 Å². The zero-order valence-corrected chi connectivity index (χ0v) is 14.0. The van der Waals surface area contributed by atoms with Crippen molar-refractivity contribution in [3.05, 3.63) is 23.8 Å². The topological polar surface area (TPSA) is 140 Å². The van der Waals surface area contributed by atoms with Crippen molar-refractivity contribution in [3.63, 3.8) is 0 Å². The highest BCUT2D eigenvalue weighted by Crippen LogP contribution is 2.28. The number of ether oxygens (including phenoxy) is 2. The fourth-order valence-corrected chi connectivity index (χ4v) is 2.97. The Kier molecular flexibility index (Phi) is 7.00. The fraction of sp³-hybridized carbons (Fsp3) is 0.647. The number of aromatic hydroxyl groups is 1. The fourth-order valence-electron chi connectivity index (χ4n) is 2.97. The maximum atomic E-state index is 10.2. The number of rotatable bonds is 7. The zero-order chi connectivity index (χ0) is 18.6. The number of phenolic OH excluding ortho intramolecular Hbond substituents is 1. The number of aliphatic hydroxyl groups is 5. The van der Waals surface area contributed by atoms with E-state index in [-0.39, 0.29) is 12.2 Å². The van der Waals surface area contributed by atoms with Crippen LogP contribution in [0.25, 0.3) is 0 Å². The summed E-state index contributed by atoms with van der Waals surface area (Å²) in [4.78, 5) is 0. The van der Waals surface area contributed by atoms with E-state index in [9.17, 15) is 25.5 Å². The summed E-state index contributed by atoms with van der Waals surface area (Å²) in [7, 11) is 1.45. The lowest BCUT2D eigenvalue weighted by Crippen LogP contribution is -2.59. The first-order valence-corrected chi connectivity index (χ1v) is 8.21. The van der Waals surface area contributed by atoms with Crippen molar-refractivity contribution < 1.29 is 40.1 Å². The minimum Gasteiger partial charge on any atom is -0.504 e. The molecule has 0 radical (unpaired) electrons. The Balaban J connectivity index is 1.90. The van der Waals surface area contributed by atoms with Gasteiger partial charge in [0, 0.05) is 6.42 Å². The Morgan fingerprint density at radius 1 is 1.12 bits per heavy atom. The van der Waals surface area contributed by atoms with E-state index >= 15 is 0 Å². The molecule has 6 atom stereocenters. The van der Waals surface area contributed by atoms with Crippen LogP contribution in [0.4, 0.5) is 0 Å². The van der Waals surface area contributed by atoms with Crippen molar-refractivity contribution in [3.8, 4) is 11.5 Å². The summed E-state index contributed by atoms with van der Waals surface area (Å²) in [5.74, 6) is 0.383. The average molecular weight is 358 g/mol. The predicted octanol–water partition coefficient (Wildman–Crippen LogP) is -1.07. The normalized spacial score (nSPS) is 30.9. The average Bonchev–Trinajstić information content (AvgIpc) is 2.61. The third kappa shape index (κ3) is 4.81. The maximum absolute atomic E-state index is 10.2. The van der Waals surface area contributed by atoms with E-state index in [1.165, 1.54) is 13.2 Å². The number of methoxy groups -OCH3 is 1. The van der Waals surface area contributed by atoms with Crippen LogP contribution in [0.3, 0.4) is 0 Å². The highest BCUT2D eigenvalue weighted by molar-refractivity contribution is 5.41. The predicted molar refractivity (Wildman–Crippen MR) is 87.4 cm³/mol. The van der Waals surface area contributed by atoms with Gasteiger partial charge < -0.3 is 40.1 Å². The van der Waals surface area contributed by atoms with Gasteiger partial charge in [0.15, 0.2) is 11.5 Å². The number of benzene rings is 1. The Labute approximate surface area is 145 Å². The lowest BCUT2D eigenvalue weighted by atomic mass is 9.91. The summed E-state index contributed by atoms with van der Waals surface area (Å²) in [6.45, 7) is -0.495. The Bertz CT molecular complexity index is 549. The molecule has 0 spiro atoms. The molecule has 25 heavy (non-hydrogen) atoms. The zero-order valence-electron chi connectivity index (χ0n) is 14.0. The molecule has 0 bridgehead atoms. The molecule has 1 saturated heterocycles. The molecule has 1 heterocycles. The van der Waals surface area contributed by atoms with E-state index in [4.69, 9.17) is 14.6 Å². The number of aliphatic hydroxyl groups excluding tert-OH is 5. The van der Waals surface area contributed by atoms with Crippen LogP contribution < -0.4 is 4.74 Å². The van der Waals surface area contributed by atoms with Crippen molar-refractivity contribution in [1.29, 1.82) is 0 Å². The molecule has 1 fully saturated rings. The molecule has 0 aliphatic carbocycles. The summed E-state index contributed by atoms with van der Waals surface area (Å²) in [5.41, 5.74) is 0.863. The van der Waals surface area contributed by atoms with Gasteiger partial charge in [0.1, 0.15) is 24.4 Å². The van der Waals surface area contributed by atoms with Gasteiger partial charge in [-0.2, -0.15) is 0 Å². The van der Waals surface area contributed by atoms with Gasteiger partial charge in [-0.15, -0.1) is 0 Å². The molecular weight excluding hydrogens is 332 g/mol. The highest BCUT2D eigenvalue weighted by atomic mass is 16.5. The molecule has 2 unspecified atom stereocenters. The van der Waals surface area contributed by atoms with E-state index in [1.807, 2.05) is 0 Å². The minimum absolute atomic E-state index is 0.0353. The molecule has 0 amide bonds. The second-order valence-corrected chi connectivity index (χ2v) is 6.30. The van der Waals surface area contributed by atoms with Gasteiger partial charge in [0.25, 0.3) is 0 Å². The number of hydrogen-bond acceptors (Lipinski definition) is 8. The Morgan fingerprint density at radius 2 is 1.80 bits per heavy atom. The van der Waals surface area contributed by atoms with Gasteiger partial charge in [-0.1, -0.05) is 6.07 Å². The van der Waals surface area contributed by atoms with Crippen LogP contribution in [0.15, 0.2) is 18.2 Å². The molecule has 2 rings (SSSR count). The van der Waals surface area contributed by atoms with Crippen molar-refractivity contribution in [1.82, 2.24) is 0 Å². The molecular formula is C17H26O8. The molecule has 0 saturated carbocycles. The van der Waals surface area contributed by atoms with Crippen molar-refractivity contribution in [2.24, 2.45) is 0 Å². The van der Waals surface area contributed by atoms with Gasteiger partial charge in [0.2, 0.25) is 0 Å². The van der Waals surface area contributed by atoms with Crippen LogP contribution in [-0.2, 0) is 11.2 Å². The molecule has 1 aliphatic rings. The van der Waals surface area contributed by atoms with Crippen LogP contribution in [-0.4, -0.2) is 81.0 Å². The van der Waals surface area contributed by atoms with Crippen LogP contribution in [0, 0.1) is 0 Å². The molecule has 1 aromatic rings. The smallest absolute Gasteiger partial charge is 0.160 e. The molecule has 1 aliphatic heterocycles. The summed E-state index contributed by atoms with van der Waals surface area (Å²) < 4.78 is 10.4. The Hall–Kier alpha value is -1.42. The molecule has 0 aromatic heterocycles. The molecule has 142 valence electrons. The lowest BCUT2D eigenvalue weighted by molar-refractivity contribution is -0.234. The first-order chi connectivity index (χ1) is 11.9. The van der Waals surface area contributed by atoms with Crippen LogP contribution in [0.5, 0.6) is 11.5 Å². The number of hydrogen-bond donors (Lipinski definition) is 6. The van der Waals surface area contributed by atoms with Gasteiger partial charge in [0.05, 0.1) is 25.9 Å². The van der Waals surface area contributed by atoms with Crippen molar-refractivity contribution in [2.75, 3.05) is 13.7 Å². The van der Waals surface area contributed by atoms with Gasteiger partial charge in [-0.25, -0.2) is 0 Å². The third-order valence-electron chi connectivity index (χ3n) is 4.51. The van der Waals surface area contributed by atoms with Crippen LogP contribution in [0.2, 0.25) is 0 Å². The van der Waals surface area contributed by atoms with E-state index in [0.29, 0.717) is 18.6 Å². The monoisotopic (exact) mass is 358 g/mol. The van der Waals surface area contributed by atoms with Crippen molar-refractivity contribution in [2.45, 2.75) is 55.9 Å². The largest absolute Gasteiger partial charge is 0.504 e. The first kappa shape index (κ1) is 19.9. The second-order valence-electron chi connectivity index (χ2n) is 6.30. The standard InChI is InChI=1S/C17H26O8/c1-24-12-6-9(3-5-11(12)20)2-4-10(19)7-13-15(21)17(23)16(22)14(8-18)25-13/h3,5-6,10,13-23H,2,4,7-8H2,1H3/t10?,13?,14-,15+,16-,17-/m1/s1. The van der Waals surface area contributed by atoms with Gasteiger partial charge >= 0.3 is 0 Å². The SMILES string of the molecule is COc1cc(CCC(O)CC2O[C@H](CO)[C@@H](O)[C@H](O)[C@H]2O)ccc1O. The molecule has 1 aromatic carbocycles. The minimum atomic E-state index is -1.44. The van der Waals surface area contributed by atoms with Crippen LogP contribution in [0.1, 0.15) is 18.4 Å². The van der Waals surface area contributed by atoms with E-state index < -0.39 is 43.2 Å². The molecule has 6 N–H and O–H groups in total. The van der Waals surface area contributed by atoms with E-state index in [1.54, 1.807) is 12.1 Å². The summed E-state index contributed by atoms with van der Waals surface area (Å²) in [6, 6.07) is 4.91. The second kappa shape index (κ2) is 8.79. The quantitative estimate of drug-likeness (QED) is 0.362. The Morgan fingerprint density at radius 3 is 2.44 bits per heavy atom.